The predicted molar refractivity (Wildman–Crippen MR) is 601 cm³/mol. The molecule has 0 saturated heterocycles. The van der Waals surface area contributed by atoms with Gasteiger partial charge in [-0.05, 0) is 163 Å². The van der Waals surface area contributed by atoms with Crippen molar-refractivity contribution >= 4 is 27.8 Å². The van der Waals surface area contributed by atoms with Gasteiger partial charge in [0.05, 0.1) is 32.7 Å². The van der Waals surface area contributed by atoms with Gasteiger partial charge in [-0.3, -0.25) is 4.98 Å². The minimum absolute atomic E-state index is 0.360. The molecule has 14 nitrogen and oxygen atoms in total. The molecule has 0 unspecified atom stereocenters. The number of nitrogens with zero attached hydrogens (tertiary/aromatic N) is 2. The maximum absolute atomic E-state index is 5.30. The lowest BCUT2D eigenvalue weighted by Crippen LogP contribution is -2.23. The van der Waals surface area contributed by atoms with Gasteiger partial charge in [-0.2, -0.15) is 0 Å². The largest absolute Gasteiger partial charge is 0.493 e. The number of aromatic nitrogens is 2. The van der Waals surface area contributed by atoms with Crippen LogP contribution in [-0.4, -0.2) is 63.1 Å². The van der Waals surface area contributed by atoms with Crippen LogP contribution in [0.5, 0.6) is 34.5 Å². The Morgan fingerprint density at radius 1 is 0.244 bits per heavy atom. The molecule has 766 valence electrons. The van der Waals surface area contributed by atoms with Crippen LogP contribution in [-0.2, 0) is 67.8 Å². The maximum Gasteiger partial charge on any atom is 0.231 e. The Labute approximate surface area is 831 Å². The number of hydrogen-bond donors (Lipinski definition) is 2. The van der Waals surface area contributed by atoms with Crippen molar-refractivity contribution in [2.24, 2.45) is 0 Å². The van der Waals surface area contributed by atoms with Crippen molar-refractivity contribution < 1.29 is 46.7 Å². The van der Waals surface area contributed by atoms with E-state index in [0.717, 1.165) is 114 Å². The van der Waals surface area contributed by atoms with Gasteiger partial charge in [0, 0.05) is 48.0 Å². The van der Waals surface area contributed by atoms with Gasteiger partial charge in [-0.1, -0.05) is 441 Å². The van der Waals surface area contributed by atoms with Crippen molar-refractivity contribution in [2.75, 3.05) is 58.4 Å². The summed E-state index contributed by atoms with van der Waals surface area (Å²) in [6.07, 6.45) is 14.6. The van der Waals surface area contributed by atoms with Crippen LogP contribution in [0.3, 0.4) is 0 Å². The summed E-state index contributed by atoms with van der Waals surface area (Å²) < 4.78 is 51.7. The topological polar surface area (TPSA) is 150 Å². The molecule has 12 aromatic rings. The maximum atomic E-state index is 5.30. The summed E-state index contributed by atoms with van der Waals surface area (Å²) >= 11 is 0. The summed E-state index contributed by atoms with van der Waals surface area (Å²) in [6.45, 7) is 88.6. The highest BCUT2D eigenvalue weighted by atomic mass is 16.7. The fraction of sp³-hybridized carbons (Fsp3) is 0.488. The third kappa shape index (κ3) is 67.5. The van der Waals surface area contributed by atoms with Crippen LogP contribution in [0.15, 0.2) is 264 Å². The first kappa shape index (κ1) is 145. The Morgan fingerprint density at radius 3 is 1.11 bits per heavy atom. The van der Waals surface area contributed by atoms with Crippen molar-refractivity contribution in [3.8, 4) is 34.5 Å². The molecule has 14 heteroatoms. The minimum atomic E-state index is 0.360. The molecule has 3 aromatic heterocycles. The Bertz CT molecular complexity index is 3500. The number of rotatable bonds is 0. The number of nitrogens with one attached hydrogen (secondary N) is 2. The zero-order valence-electron chi connectivity index (χ0n) is 93.7. The smallest absolute Gasteiger partial charge is 0.231 e. The summed E-state index contributed by atoms with van der Waals surface area (Å²) in [7, 11) is 0. The van der Waals surface area contributed by atoms with Gasteiger partial charge >= 0.3 is 0 Å². The number of fused-ring (bicyclic) bond motifs is 10. The summed E-state index contributed by atoms with van der Waals surface area (Å²) in [5, 5.41) is 7.87. The number of anilines is 1. The quantitative estimate of drug-likeness (QED) is 0.148. The number of ether oxygens (including phenoxy) is 8. The highest BCUT2D eigenvalue weighted by Crippen LogP contribution is 2.31. The molecule has 135 heavy (non-hydrogen) atoms. The lowest BCUT2D eigenvalue weighted by Gasteiger charge is -2.17. The van der Waals surface area contributed by atoms with Crippen molar-refractivity contribution in [1.29, 1.82) is 0 Å². The van der Waals surface area contributed by atoms with Crippen LogP contribution in [0.1, 0.15) is 340 Å². The van der Waals surface area contributed by atoms with E-state index in [0.29, 0.717) is 33.4 Å². The molecule has 1 aliphatic carbocycles. The molecule has 8 aliphatic rings. The van der Waals surface area contributed by atoms with Crippen molar-refractivity contribution in [3.63, 3.8) is 0 Å². The van der Waals surface area contributed by atoms with Gasteiger partial charge in [0.15, 0.2) is 41.8 Å². The van der Waals surface area contributed by atoms with Gasteiger partial charge in [-0.25, -0.2) is 4.98 Å². The first-order chi connectivity index (χ1) is 67.2. The van der Waals surface area contributed by atoms with Crippen LogP contribution in [0.2, 0.25) is 0 Å². The number of oxazole rings is 1. The number of benzene rings is 9. The Balaban J connectivity index is -0.000000154. The Kier molecular flexibility index (Phi) is 129. The van der Waals surface area contributed by atoms with E-state index in [1.54, 1.807) is 6.26 Å². The minimum Gasteiger partial charge on any atom is -0.493 e. The van der Waals surface area contributed by atoms with Crippen LogP contribution in [0.4, 0.5) is 5.69 Å². The van der Waals surface area contributed by atoms with Crippen molar-refractivity contribution in [3.05, 3.63) is 306 Å². The summed E-state index contributed by atoms with van der Waals surface area (Å²) in [5.41, 5.74) is 16.5. The van der Waals surface area contributed by atoms with Gasteiger partial charge in [0.1, 0.15) is 35.8 Å². The standard InChI is InChI=1S/2C9H11N.C9H10O.C8H9N.2C8H8O2.C8H8O.C8H6O.C7H5NO.C7H6O2.20C2H6/c1-2-6-9-8(4-1)5-3-7-10-9;2*1-2-4-9-7-10-6-5-8(9)3-1;1-3-7-4-2-6-9-8(7)5-1;1-2-4-8-7(3-1)5-9-6-10-8;1-2-4-8-7(3-1)9-5-6-10-8;2*1-2-4-8-7(3-1)5-6-9-8;2*1-2-4-7-6(3-1)8-5-9-7;20*1-2/h1-2,4,6,10H,3,5,7H2;1-4,10H,5-7H2;1-4H,5-7H2;2,4,6H,1,3,5H2;2*1-4H,5-6H2;1-4H,5-6H2;1-6H;1-5H;1-4H,5H2;20*1-2H3. The highest BCUT2D eigenvalue weighted by molar-refractivity contribution is 5.76. The van der Waals surface area contributed by atoms with Crippen LogP contribution in [0, 0.1) is 0 Å². The first-order valence-corrected chi connectivity index (χ1v) is 52.7. The second kappa shape index (κ2) is 120. The summed E-state index contributed by atoms with van der Waals surface area (Å²) in [6, 6.07) is 78.8. The van der Waals surface area contributed by atoms with E-state index in [-0.39, 0.29) is 0 Å². The summed E-state index contributed by atoms with van der Waals surface area (Å²) in [5.74, 6) is 5.42. The van der Waals surface area contributed by atoms with Gasteiger partial charge < -0.3 is 57.4 Å². The molecular weight excluding hydrogens is 1670 g/mol. The lowest BCUT2D eigenvalue weighted by molar-refractivity contribution is -0.0163. The van der Waals surface area contributed by atoms with Crippen LogP contribution >= 0.6 is 0 Å². The van der Waals surface area contributed by atoms with E-state index >= 15 is 0 Å². The number of furan rings is 1. The first-order valence-electron chi connectivity index (χ1n) is 52.7. The van der Waals surface area contributed by atoms with E-state index in [4.69, 9.17) is 46.7 Å². The third-order valence-electron chi connectivity index (χ3n) is 16.2. The molecule has 0 fully saturated rings. The molecule has 0 bridgehead atoms. The molecule has 2 N–H and O–H groups in total. The SMILES string of the molecule is CC.CC.CC.CC.CC.CC.CC.CC.CC.CC.CC.CC.CC.CC.CC.CC.CC.CC.CC.CC.c1ccc2c(c1)CCCN2.c1ccc2c(c1)CCNC2.c1ccc2c(c1)CCO2.c1ccc2c(c1)CCOC2.c1ccc2c(c1)COCO2.c1ccc2c(c1)OCCO2.c1ccc2c(c1)OCO2.c1ccc2occc2c1.c1ccc2ocnc2c1.c1cnc2c(c1)CCC2. The zero-order valence-corrected chi connectivity index (χ0v) is 93.7. The average molecular weight is 1870 g/mol. The fourth-order valence-corrected chi connectivity index (χ4v) is 11.2. The van der Waals surface area contributed by atoms with E-state index in [1.807, 2.05) is 435 Å². The molecule has 0 atom stereocenters. The Morgan fingerprint density at radius 2 is 0.630 bits per heavy atom. The second-order valence-electron chi connectivity index (χ2n) is 22.6. The molecule has 20 rings (SSSR count). The molecule has 0 radical (unpaired) electrons. The fourth-order valence-electron chi connectivity index (χ4n) is 11.2. The van der Waals surface area contributed by atoms with Crippen molar-refractivity contribution in [2.45, 2.75) is 348 Å². The molecule has 9 aromatic carbocycles. The van der Waals surface area contributed by atoms with E-state index in [9.17, 15) is 0 Å². The number of aryl methyl sites for hydroxylation is 3. The molecule has 0 saturated carbocycles. The summed E-state index contributed by atoms with van der Waals surface area (Å²) in [4.78, 5) is 8.21. The van der Waals surface area contributed by atoms with Crippen LogP contribution in [0.25, 0.3) is 22.1 Å². The second-order valence-corrected chi connectivity index (χ2v) is 22.6. The lowest BCUT2D eigenvalue weighted by atomic mass is 10.0. The average Bonchev–Trinajstić information content (AvgIpc) is 1.28. The molecule has 0 amide bonds. The zero-order chi connectivity index (χ0) is 105. The van der Waals surface area contributed by atoms with Gasteiger partial charge in [0.2, 0.25) is 6.79 Å². The number of pyridine rings is 1. The molecule has 7 aliphatic heterocycles. The normalized spacial score (nSPS) is 11.0. The van der Waals surface area contributed by atoms with Crippen molar-refractivity contribution in [1.82, 2.24) is 15.3 Å². The highest BCUT2D eigenvalue weighted by Gasteiger charge is 2.14. The van der Waals surface area contributed by atoms with E-state index < -0.39 is 0 Å². The number of para-hydroxylation sites is 10. The number of hydrogen-bond acceptors (Lipinski definition) is 14. The van der Waals surface area contributed by atoms with E-state index in [1.165, 1.54) is 95.2 Å². The molecule has 0 spiro atoms. The third-order valence-corrected chi connectivity index (χ3v) is 16.2. The van der Waals surface area contributed by atoms with Gasteiger partial charge in [-0.15, -0.1) is 0 Å². The van der Waals surface area contributed by atoms with E-state index in [2.05, 4.69) is 106 Å². The monoisotopic (exact) mass is 1870 g/mol. The van der Waals surface area contributed by atoms with Crippen LogP contribution < -0.4 is 39.1 Å². The Hall–Kier alpha value is -10.4. The molecule has 10 heterocycles. The molecular formula is C121H202N4O10. The van der Waals surface area contributed by atoms with Gasteiger partial charge in [0.25, 0.3) is 0 Å². The predicted octanol–water partition coefficient (Wildman–Crippen LogP) is 37.5.